The zero-order chi connectivity index (χ0) is 17.8. The van der Waals surface area contributed by atoms with Gasteiger partial charge in [0.2, 0.25) is 5.91 Å². The van der Waals surface area contributed by atoms with Gasteiger partial charge in [0.1, 0.15) is 0 Å². The summed E-state index contributed by atoms with van der Waals surface area (Å²) in [6.07, 6.45) is 4.80. The second kappa shape index (κ2) is 8.00. The number of nitrogens with zero attached hydrogens (tertiary/aromatic N) is 1. The number of nitrogens with one attached hydrogen (secondary N) is 1. The summed E-state index contributed by atoms with van der Waals surface area (Å²) in [5.74, 6) is 0.549. The van der Waals surface area contributed by atoms with E-state index >= 15 is 0 Å². The van der Waals surface area contributed by atoms with Gasteiger partial charge in [-0.2, -0.15) is 0 Å². The molecule has 0 aromatic heterocycles. The van der Waals surface area contributed by atoms with Gasteiger partial charge in [0.05, 0.1) is 12.7 Å². The SMILES string of the molecule is CC1CN(C(=O)c2cccc(NC(=O)C(C)C3CCCC3)c2)CCO1. The molecular weight excluding hydrogens is 316 g/mol. The molecule has 3 rings (SSSR count). The Balaban J connectivity index is 1.64. The van der Waals surface area contributed by atoms with Crippen LogP contribution in [0.1, 0.15) is 49.9 Å². The maximum absolute atomic E-state index is 12.7. The van der Waals surface area contributed by atoms with Gasteiger partial charge >= 0.3 is 0 Å². The highest BCUT2D eigenvalue weighted by atomic mass is 16.5. The van der Waals surface area contributed by atoms with E-state index in [4.69, 9.17) is 4.74 Å². The molecule has 0 bridgehead atoms. The van der Waals surface area contributed by atoms with E-state index in [0.29, 0.717) is 36.9 Å². The Morgan fingerprint density at radius 3 is 2.76 bits per heavy atom. The largest absolute Gasteiger partial charge is 0.375 e. The van der Waals surface area contributed by atoms with Crippen LogP contribution in [0.25, 0.3) is 0 Å². The molecule has 1 saturated heterocycles. The lowest BCUT2D eigenvalue weighted by atomic mass is 9.92. The van der Waals surface area contributed by atoms with Gasteiger partial charge in [0, 0.05) is 30.3 Å². The second-order valence-electron chi connectivity index (χ2n) is 7.34. The highest BCUT2D eigenvalue weighted by Crippen LogP contribution is 2.31. The number of morpholine rings is 1. The first-order chi connectivity index (χ1) is 12.0. The van der Waals surface area contributed by atoms with Crippen molar-refractivity contribution in [1.29, 1.82) is 0 Å². The van der Waals surface area contributed by atoms with Crippen LogP contribution in [0.3, 0.4) is 0 Å². The summed E-state index contributed by atoms with van der Waals surface area (Å²) >= 11 is 0. The molecule has 1 N–H and O–H groups in total. The number of ether oxygens (including phenoxy) is 1. The van der Waals surface area contributed by atoms with Gasteiger partial charge in [0.25, 0.3) is 5.91 Å². The molecule has 2 aliphatic rings. The Bertz CT molecular complexity index is 625. The second-order valence-corrected chi connectivity index (χ2v) is 7.34. The predicted octanol–water partition coefficient (Wildman–Crippen LogP) is 3.31. The minimum Gasteiger partial charge on any atom is -0.375 e. The van der Waals surface area contributed by atoms with Crippen LogP contribution in [0.4, 0.5) is 5.69 Å². The maximum Gasteiger partial charge on any atom is 0.254 e. The van der Waals surface area contributed by atoms with E-state index in [9.17, 15) is 9.59 Å². The molecule has 5 nitrogen and oxygen atoms in total. The molecule has 2 unspecified atom stereocenters. The summed E-state index contributed by atoms with van der Waals surface area (Å²) in [6.45, 7) is 5.77. The third-order valence-electron chi connectivity index (χ3n) is 5.43. The van der Waals surface area contributed by atoms with Crippen molar-refractivity contribution < 1.29 is 14.3 Å². The van der Waals surface area contributed by atoms with Crippen molar-refractivity contribution in [3.05, 3.63) is 29.8 Å². The molecule has 1 aromatic carbocycles. The molecule has 1 aliphatic heterocycles. The molecule has 5 heteroatoms. The van der Waals surface area contributed by atoms with Crippen molar-refractivity contribution in [2.75, 3.05) is 25.0 Å². The number of amides is 2. The van der Waals surface area contributed by atoms with Crippen LogP contribution in [-0.2, 0) is 9.53 Å². The van der Waals surface area contributed by atoms with Gasteiger partial charge in [-0.25, -0.2) is 0 Å². The van der Waals surface area contributed by atoms with Gasteiger partial charge in [-0.1, -0.05) is 25.8 Å². The Morgan fingerprint density at radius 2 is 2.04 bits per heavy atom. The number of anilines is 1. The summed E-state index contributed by atoms with van der Waals surface area (Å²) in [4.78, 5) is 27.0. The van der Waals surface area contributed by atoms with Crippen molar-refractivity contribution in [3.63, 3.8) is 0 Å². The van der Waals surface area contributed by atoms with Crippen LogP contribution < -0.4 is 5.32 Å². The molecule has 1 aliphatic carbocycles. The highest BCUT2D eigenvalue weighted by molar-refractivity contribution is 5.97. The number of carbonyl (C=O) groups excluding carboxylic acids is 2. The van der Waals surface area contributed by atoms with Crippen LogP contribution in [0.5, 0.6) is 0 Å². The number of hydrogen-bond acceptors (Lipinski definition) is 3. The zero-order valence-corrected chi connectivity index (χ0v) is 15.2. The quantitative estimate of drug-likeness (QED) is 0.911. The van der Waals surface area contributed by atoms with Crippen LogP contribution in [-0.4, -0.2) is 42.5 Å². The Hall–Kier alpha value is -1.88. The van der Waals surface area contributed by atoms with Crippen molar-refractivity contribution in [2.45, 2.75) is 45.6 Å². The van der Waals surface area contributed by atoms with Crippen LogP contribution in [0.2, 0.25) is 0 Å². The van der Waals surface area contributed by atoms with Gasteiger partial charge < -0.3 is 15.0 Å². The Morgan fingerprint density at radius 1 is 1.28 bits per heavy atom. The van der Waals surface area contributed by atoms with E-state index in [0.717, 1.165) is 12.8 Å². The predicted molar refractivity (Wildman–Crippen MR) is 97.5 cm³/mol. The van der Waals surface area contributed by atoms with E-state index in [2.05, 4.69) is 5.32 Å². The van der Waals surface area contributed by atoms with Crippen LogP contribution in [0, 0.1) is 11.8 Å². The molecule has 2 fully saturated rings. The number of rotatable bonds is 4. The standard InChI is InChI=1S/C20H28N2O3/c1-14-13-22(10-11-25-14)20(24)17-8-5-9-18(12-17)21-19(23)15(2)16-6-3-4-7-16/h5,8-9,12,14-16H,3-4,6-7,10-11,13H2,1-2H3,(H,21,23). The number of carbonyl (C=O) groups is 2. The maximum atomic E-state index is 12.7. The summed E-state index contributed by atoms with van der Waals surface area (Å²) in [5.41, 5.74) is 1.31. The van der Waals surface area contributed by atoms with Crippen molar-refractivity contribution in [3.8, 4) is 0 Å². The summed E-state index contributed by atoms with van der Waals surface area (Å²) in [6, 6.07) is 7.26. The molecule has 2 atom stereocenters. The molecule has 1 heterocycles. The topological polar surface area (TPSA) is 58.6 Å². The van der Waals surface area contributed by atoms with E-state index in [1.165, 1.54) is 12.8 Å². The number of hydrogen-bond donors (Lipinski definition) is 1. The van der Waals surface area contributed by atoms with E-state index in [-0.39, 0.29) is 23.8 Å². The van der Waals surface area contributed by atoms with E-state index < -0.39 is 0 Å². The molecule has 1 aromatic rings. The first-order valence-electron chi connectivity index (χ1n) is 9.36. The Labute approximate surface area is 149 Å². The van der Waals surface area contributed by atoms with Crippen molar-refractivity contribution in [2.24, 2.45) is 11.8 Å². The summed E-state index contributed by atoms with van der Waals surface area (Å²) in [7, 11) is 0. The first kappa shape index (κ1) is 17.9. The lowest BCUT2D eigenvalue weighted by Crippen LogP contribution is -2.44. The molecule has 2 amide bonds. The zero-order valence-electron chi connectivity index (χ0n) is 15.2. The Kier molecular flexibility index (Phi) is 5.74. The minimum absolute atomic E-state index is 0.00455. The third-order valence-corrected chi connectivity index (χ3v) is 5.43. The van der Waals surface area contributed by atoms with Gasteiger partial charge in [-0.15, -0.1) is 0 Å². The van der Waals surface area contributed by atoms with Crippen LogP contribution in [0.15, 0.2) is 24.3 Å². The van der Waals surface area contributed by atoms with Crippen LogP contribution >= 0.6 is 0 Å². The average Bonchev–Trinajstić information content (AvgIpc) is 3.15. The fraction of sp³-hybridized carbons (Fsp3) is 0.600. The van der Waals surface area contributed by atoms with Gasteiger partial charge in [0.15, 0.2) is 0 Å². The third kappa shape index (κ3) is 4.40. The minimum atomic E-state index is -0.00455. The molecule has 0 radical (unpaired) electrons. The van der Waals surface area contributed by atoms with Crippen molar-refractivity contribution >= 4 is 17.5 Å². The highest BCUT2D eigenvalue weighted by Gasteiger charge is 2.27. The fourth-order valence-electron chi connectivity index (χ4n) is 3.84. The lowest BCUT2D eigenvalue weighted by molar-refractivity contribution is -0.120. The van der Waals surface area contributed by atoms with Gasteiger partial charge in [-0.3, -0.25) is 9.59 Å². The molecule has 25 heavy (non-hydrogen) atoms. The molecule has 1 saturated carbocycles. The first-order valence-corrected chi connectivity index (χ1v) is 9.36. The molecular formula is C20H28N2O3. The summed E-state index contributed by atoms with van der Waals surface area (Å²) < 4.78 is 5.49. The monoisotopic (exact) mass is 344 g/mol. The summed E-state index contributed by atoms with van der Waals surface area (Å²) in [5, 5.41) is 2.99. The fourth-order valence-corrected chi connectivity index (χ4v) is 3.84. The van der Waals surface area contributed by atoms with E-state index in [1.807, 2.05) is 30.9 Å². The average molecular weight is 344 g/mol. The molecule has 136 valence electrons. The number of benzene rings is 1. The van der Waals surface area contributed by atoms with Gasteiger partial charge in [-0.05, 0) is 43.9 Å². The molecule has 0 spiro atoms. The normalized spacial score (nSPS) is 22.6. The smallest absolute Gasteiger partial charge is 0.254 e. The van der Waals surface area contributed by atoms with E-state index in [1.54, 1.807) is 12.1 Å². The van der Waals surface area contributed by atoms with Crippen molar-refractivity contribution in [1.82, 2.24) is 4.90 Å². The lowest BCUT2D eigenvalue weighted by Gasteiger charge is -2.31.